The zero-order chi connectivity index (χ0) is 19.0. The van der Waals surface area contributed by atoms with Crippen molar-refractivity contribution in [3.63, 3.8) is 0 Å². The Hall–Kier alpha value is -2.93. The molecule has 0 unspecified atom stereocenters. The average molecular weight is 369 g/mol. The van der Waals surface area contributed by atoms with Gasteiger partial charge in [-0.1, -0.05) is 6.07 Å². The lowest BCUT2D eigenvalue weighted by Gasteiger charge is -2.28. The van der Waals surface area contributed by atoms with Gasteiger partial charge in [0.05, 0.1) is 16.8 Å². The second-order valence-corrected chi connectivity index (χ2v) is 6.99. The fourth-order valence-electron chi connectivity index (χ4n) is 3.55. The Labute approximate surface area is 154 Å². The molecule has 0 saturated carbocycles. The Morgan fingerprint density at radius 3 is 2.74 bits per heavy atom. The number of fused-ring (bicyclic) bond motifs is 1. The molecule has 0 aliphatic carbocycles. The first-order chi connectivity index (χ1) is 13.0. The molecular weight excluding hydrogens is 349 g/mol. The number of rotatable bonds is 4. The van der Waals surface area contributed by atoms with Crippen molar-refractivity contribution in [2.45, 2.75) is 25.6 Å². The number of piperidine rings is 1. The molecule has 27 heavy (non-hydrogen) atoms. The number of carboxylic acids is 1. The van der Waals surface area contributed by atoms with Gasteiger partial charge >= 0.3 is 5.97 Å². The summed E-state index contributed by atoms with van der Waals surface area (Å²) in [5, 5.41) is 10.1. The van der Waals surface area contributed by atoms with Crippen LogP contribution in [-0.2, 0) is 6.54 Å². The minimum atomic E-state index is -1.09. The van der Waals surface area contributed by atoms with Crippen LogP contribution in [0.2, 0.25) is 0 Å². The van der Waals surface area contributed by atoms with Gasteiger partial charge in [-0.15, -0.1) is 0 Å². The average Bonchev–Trinajstić information content (AvgIpc) is 3.07. The predicted octanol–water partition coefficient (Wildman–Crippen LogP) is 3.16. The Morgan fingerprint density at radius 1 is 1.22 bits per heavy atom. The van der Waals surface area contributed by atoms with E-state index < -0.39 is 12.1 Å². The molecule has 1 fully saturated rings. The SMILES string of the molecule is O=C(O)c1c[nH]c(=O)c(-c2cc3cc(CN4CCC(F)CC4)ccc3[nH]2)c1. The number of carbonyl (C=O) groups is 1. The molecule has 0 atom stereocenters. The number of halogens is 1. The molecule has 0 amide bonds. The van der Waals surface area contributed by atoms with E-state index in [0.29, 0.717) is 18.5 Å². The van der Waals surface area contributed by atoms with Gasteiger partial charge in [0.15, 0.2) is 0 Å². The minimum Gasteiger partial charge on any atom is -0.478 e. The van der Waals surface area contributed by atoms with Crippen molar-refractivity contribution >= 4 is 16.9 Å². The van der Waals surface area contributed by atoms with Crippen molar-refractivity contribution in [2.75, 3.05) is 13.1 Å². The molecule has 3 N–H and O–H groups in total. The van der Waals surface area contributed by atoms with Crippen LogP contribution in [0.1, 0.15) is 28.8 Å². The van der Waals surface area contributed by atoms with E-state index in [0.717, 1.165) is 36.1 Å². The molecule has 2 aromatic heterocycles. The maximum Gasteiger partial charge on any atom is 0.337 e. The zero-order valence-corrected chi connectivity index (χ0v) is 14.7. The number of aromatic amines is 2. The number of carboxylic acid groups (broad SMARTS) is 1. The number of likely N-dealkylation sites (tertiary alicyclic amines) is 1. The molecule has 3 aromatic rings. The molecule has 7 heteroatoms. The van der Waals surface area contributed by atoms with Gasteiger partial charge < -0.3 is 15.1 Å². The third-order valence-corrected chi connectivity index (χ3v) is 5.05. The number of hydrogen-bond donors (Lipinski definition) is 3. The Morgan fingerprint density at radius 2 is 2.00 bits per heavy atom. The fourth-order valence-corrected chi connectivity index (χ4v) is 3.55. The van der Waals surface area contributed by atoms with Crippen LogP contribution in [-0.4, -0.2) is 45.2 Å². The Kier molecular flexibility index (Phi) is 4.53. The number of aromatic carboxylic acids is 1. The monoisotopic (exact) mass is 369 g/mol. The lowest BCUT2D eigenvalue weighted by atomic mass is 10.1. The first-order valence-corrected chi connectivity index (χ1v) is 8.94. The van der Waals surface area contributed by atoms with Gasteiger partial charge in [-0.2, -0.15) is 0 Å². The van der Waals surface area contributed by atoms with Crippen molar-refractivity contribution in [1.29, 1.82) is 0 Å². The number of H-pyrrole nitrogens is 2. The summed E-state index contributed by atoms with van der Waals surface area (Å²) in [6.45, 7) is 2.28. The van der Waals surface area contributed by atoms with E-state index in [1.807, 2.05) is 24.3 Å². The topological polar surface area (TPSA) is 89.2 Å². The van der Waals surface area contributed by atoms with Crippen molar-refractivity contribution in [3.8, 4) is 11.3 Å². The maximum absolute atomic E-state index is 13.3. The van der Waals surface area contributed by atoms with E-state index in [1.165, 1.54) is 12.3 Å². The van der Waals surface area contributed by atoms with E-state index in [4.69, 9.17) is 5.11 Å². The highest BCUT2D eigenvalue weighted by Gasteiger charge is 2.18. The number of hydrogen-bond acceptors (Lipinski definition) is 3. The third kappa shape index (κ3) is 3.64. The quantitative estimate of drug-likeness (QED) is 0.659. The van der Waals surface area contributed by atoms with E-state index in [2.05, 4.69) is 14.9 Å². The van der Waals surface area contributed by atoms with Crippen LogP contribution in [0.4, 0.5) is 4.39 Å². The van der Waals surface area contributed by atoms with Crippen LogP contribution < -0.4 is 5.56 Å². The summed E-state index contributed by atoms with van der Waals surface area (Å²) >= 11 is 0. The van der Waals surface area contributed by atoms with Gasteiger partial charge in [0.25, 0.3) is 5.56 Å². The highest BCUT2D eigenvalue weighted by Crippen LogP contribution is 2.24. The van der Waals surface area contributed by atoms with Crippen LogP contribution in [0.25, 0.3) is 22.2 Å². The number of nitrogens with one attached hydrogen (secondary N) is 2. The lowest BCUT2D eigenvalue weighted by molar-refractivity contribution is 0.0696. The van der Waals surface area contributed by atoms with Crippen molar-refractivity contribution < 1.29 is 14.3 Å². The van der Waals surface area contributed by atoms with Gasteiger partial charge in [0.1, 0.15) is 6.17 Å². The van der Waals surface area contributed by atoms with Crippen LogP contribution in [0, 0.1) is 0 Å². The van der Waals surface area contributed by atoms with Gasteiger partial charge in [0, 0.05) is 36.7 Å². The smallest absolute Gasteiger partial charge is 0.337 e. The molecule has 3 heterocycles. The fraction of sp³-hybridized carbons (Fsp3) is 0.300. The second-order valence-electron chi connectivity index (χ2n) is 6.99. The van der Waals surface area contributed by atoms with Crippen LogP contribution in [0.5, 0.6) is 0 Å². The predicted molar refractivity (Wildman–Crippen MR) is 101 cm³/mol. The summed E-state index contributed by atoms with van der Waals surface area (Å²) in [6.07, 6.45) is 1.67. The van der Waals surface area contributed by atoms with Gasteiger partial charge in [-0.3, -0.25) is 9.69 Å². The maximum atomic E-state index is 13.3. The third-order valence-electron chi connectivity index (χ3n) is 5.05. The molecular formula is C20H20FN3O3. The largest absolute Gasteiger partial charge is 0.478 e. The van der Waals surface area contributed by atoms with Crippen molar-refractivity contribution in [1.82, 2.24) is 14.9 Å². The summed E-state index contributed by atoms with van der Waals surface area (Å²) in [5.41, 5.74) is 2.54. The number of benzene rings is 1. The molecule has 1 aliphatic rings. The lowest BCUT2D eigenvalue weighted by Crippen LogP contribution is -2.33. The van der Waals surface area contributed by atoms with Gasteiger partial charge in [0.2, 0.25) is 0 Å². The highest BCUT2D eigenvalue weighted by molar-refractivity contribution is 5.90. The molecule has 1 aliphatic heterocycles. The van der Waals surface area contributed by atoms with Crippen LogP contribution in [0.15, 0.2) is 41.3 Å². The summed E-state index contributed by atoms with van der Waals surface area (Å²) < 4.78 is 13.3. The van der Waals surface area contributed by atoms with Gasteiger partial charge in [-0.25, -0.2) is 9.18 Å². The zero-order valence-electron chi connectivity index (χ0n) is 14.7. The van der Waals surface area contributed by atoms with Crippen molar-refractivity contribution in [3.05, 3.63) is 58.0 Å². The molecule has 0 spiro atoms. The molecule has 4 rings (SSSR count). The molecule has 1 aromatic carbocycles. The number of aromatic nitrogens is 2. The summed E-state index contributed by atoms with van der Waals surface area (Å²) in [4.78, 5) is 31.2. The Bertz CT molecular complexity index is 1050. The molecule has 0 radical (unpaired) electrons. The second kappa shape index (κ2) is 7.00. The van der Waals surface area contributed by atoms with E-state index in [1.54, 1.807) is 0 Å². The van der Waals surface area contributed by atoms with Gasteiger partial charge in [-0.05, 0) is 42.7 Å². The summed E-state index contributed by atoms with van der Waals surface area (Å²) in [7, 11) is 0. The first kappa shape index (κ1) is 17.5. The van der Waals surface area contributed by atoms with E-state index in [-0.39, 0.29) is 16.7 Å². The first-order valence-electron chi connectivity index (χ1n) is 8.94. The number of alkyl halides is 1. The van der Waals surface area contributed by atoms with E-state index >= 15 is 0 Å². The summed E-state index contributed by atoms with van der Waals surface area (Å²) in [5.74, 6) is -1.09. The highest BCUT2D eigenvalue weighted by atomic mass is 19.1. The molecule has 0 bridgehead atoms. The normalized spacial score (nSPS) is 16.0. The van der Waals surface area contributed by atoms with E-state index in [9.17, 15) is 14.0 Å². The molecule has 140 valence electrons. The number of nitrogens with zero attached hydrogens (tertiary/aromatic N) is 1. The minimum absolute atomic E-state index is 0.0280. The van der Waals surface area contributed by atoms with Crippen molar-refractivity contribution in [2.24, 2.45) is 0 Å². The number of pyridine rings is 1. The van der Waals surface area contributed by atoms with Crippen LogP contribution >= 0.6 is 0 Å². The van der Waals surface area contributed by atoms with Crippen LogP contribution in [0.3, 0.4) is 0 Å². The standard InChI is InChI=1S/C20H20FN3O3/c21-15-3-5-24(6-4-15)11-12-1-2-17-13(7-12)9-18(23-17)16-8-14(20(26)27)10-22-19(16)25/h1-2,7-10,15,23H,3-6,11H2,(H,22,25)(H,26,27). The Balaban J connectivity index is 1.62. The molecule has 6 nitrogen and oxygen atoms in total. The summed E-state index contributed by atoms with van der Waals surface area (Å²) in [6, 6.07) is 9.23. The molecule has 1 saturated heterocycles.